The summed E-state index contributed by atoms with van der Waals surface area (Å²) in [5.41, 5.74) is 0.469. The molecule has 1 aliphatic rings. The topological polar surface area (TPSA) is 71.5 Å². The van der Waals surface area contributed by atoms with Crippen molar-refractivity contribution in [1.82, 2.24) is 4.98 Å². The fourth-order valence-electron chi connectivity index (χ4n) is 1.90. The van der Waals surface area contributed by atoms with E-state index in [-0.39, 0.29) is 5.75 Å². The van der Waals surface area contributed by atoms with E-state index in [9.17, 15) is 8.42 Å². The number of nitrogens with zero attached hydrogens (tertiary/aromatic N) is 2. The zero-order valence-corrected chi connectivity index (χ0v) is 12.7. The Morgan fingerprint density at radius 3 is 2.70 bits per heavy atom. The van der Waals surface area contributed by atoms with Gasteiger partial charge in [-0.1, -0.05) is 0 Å². The molecule has 112 valence electrons. The third-order valence-electron chi connectivity index (χ3n) is 2.90. The molecule has 0 amide bonds. The quantitative estimate of drug-likeness (QED) is 0.800. The predicted octanol–water partition coefficient (Wildman–Crippen LogP) is 1.29. The molecule has 1 aromatic heterocycles. The predicted molar refractivity (Wildman–Crippen MR) is 80.0 cm³/mol. The highest BCUT2D eigenvalue weighted by atomic mass is 35.5. The molecule has 1 fully saturated rings. The normalized spacial score (nSPS) is 16.1. The van der Waals surface area contributed by atoms with Gasteiger partial charge in [-0.2, -0.15) is 0 Å². The van der Waals surface area contributed by atoms with E-state index in [1.165, 1.54) is 6.20 Å². The summed E-state index contributed by atoms with van der Waals surface area (Å²) in [6, 6.07) is 3.53. The van der Waals surface area contributed by atoms with E-state index < -0.39 is 10.0 Å². The van der Waals surface area contributed by atoms with E-state index in [1.807, 2.05) is 6.07 Å². The molecule has 0 aromatic carbocycles. The minimum absolute atomic E-state index is 0.0156. The van der Waals surface area contributed by atoms with Crippen LogP contribution in [0.1, 0.15) is 6.42 Å². The molecule has 20 heavy (non-hydrogen) atoms. The van der Waals surface area contributed by atoms with Crippen LogP contribution in [0, 0.1) is 0 Å². The van der Waals surface area contributed by atoms with Gasteiger partial charge in [0.05, 0.1) is 30.9 Å². The lowest BCUT2D eigenvalue weighted by molar-refractivity contribution is 0.122. The zero-order valence-electron chi connectivity index (χ0n) is 11.1. The molecule has 8 heteroatoms. The Balaban J connectivity index is 1.97. The van der Waals surface area contributed by atoms with Crippen molar-refractivity contribution in [2.75, 3.05) is 47.6 Å². The summed E-state index contributed by atoms with van der Waals surface area (Å²) in [5, 5.41) is 0. The Hall–Kier alpha value is -1.05. The van der Waals surface area contributed by atoms with E-state index in [2.05, 4.69) is 14.6 Å². The summed E-state index contributed by atoms with van der Waals surface area (Å²) >= 11 is 5.50. The lowest BCUT2D eigenvalue weighted by Crippen LogP contribution is -2.36. The summed E-state index contributed by atoms with van der Waals surface area (Å²) < 4.78 is 31.2. The van der Waals surface area contributed by atoms with Crippen molar-refractivity contribution >= 4 is 33.1 Å². The van der Waals surface area contributed by atoms with Crippen LogP contribution >= 0.6 is 11.6 Å². The number of anilines is 2. The van der Waals surface area contributed by atoms with Gasteiger partial charge < -0.3 is 9.64 Å². The van der Waals surface area contributed by atoms with E-state index >= 15 is 0 Å². The molecule has 1 saturated heterocycles. The highest BCUT2D eigenvalue weighted by Crippen LogP contribution is 2.16. The van der Waals surface area contributed by atoms with Crippen molar-refractivity contribution in [2.24, 2.45) is 0 Å². The van der Waals surface area contributed by atoms with Gasteiger partial charge in [0.25, 0.3) is 0 Å². The van der Waals surface area contributed by atoms with Crippen LogP contribution < -0.4 is 9.62 Å². The fraction of sp³-hybridized carbons (Fsp3) is 0.583. The fourth-order valence-corrected chi connectivity index (χ4v) is 3.30. The molecule has 2 heterocycles. The first-order chi connectivity index (χ1) is 9.61. The van der Waals surface area contributed by atoms with Crippen molar-refractivity contribution in [3.8, 4) is 0 Å². The van der Waals surface area contributed by atoms with Crippen molar-refractivity contribution in [3.05, 3.63) is 18.3 Å². The lowest BCUT2D eigenvalue weighted by atomic mass is 10.3. The molecular weight excluding hydrogens is 302 g/mol. The Morgan fingerprint density at radius 1 is 1.35 bits per heavy atom. The smallest absolute Gasteiger partial charge is 0.232 e. The van der Waals surface area contributed by atoms with Crippen LogP contribution in [0.4, 0.5) is 11.5 Å². The van der Waals surface area contributed by atoms with Gasteiger partial charge in [-0.15, -0.1) is 11.6 Å². The zero-order chi connectivity index (χ0) is 14.4. The molecular formula is C12H18ClN3O3S. The van der Waals surface area contributed by atoms with Crippen LogP contribution in [-0.4, -0.2) is 51.3 Å². The van der Waals surface area contributed by atoms with Crippen molar-refractivity contribution < 1.29 is 13.2 Å². The van der Waals surface area contributed by atoms with Crippen LogP contribution in [-0.2, 0) is 14.8 Å². The van der Waals surface area contributed by atoms with E-state index in [0.717, 1.165) is 18.9 Å². The van der Waals surface area contributed by atoms with Crippen LogP contribution in [0.3, 0.4) is 0 Å². The summed E-state index contributed by atoms with van der Waals surface area (Å²) in [4.78, 5) is 6.39. The van der Waals surface area contributed by atoms with Crippen LogP contribution in [0.15, 0.2) is 18.3 Å². The van der Waals surface area contributed by atoms with Crippen LogP contribution in [0.5, 0.6) is 0 Å². The van der Waals surface area contributed by atoms with Crippen molar-refractivity contribution in [3.63, 3.8) is 0 Å². The second-order valence-electron chi connectivity index (χ2n) is 4.47. The molecule has 0 saturated carbocycles. The number of hydrogen-bond acceptors (Lipinski definition) is 5. The third-order valence-corrected chi connectivity index (χ3v) is 4.54. The molecule has 0 radical (unpaired) electrons. The molecule has 1 aromatic rings. The number of sulfonamides is 1. The van der Waals surface area contributed by atoms with Gasteiger partial charge in [0.2, 0.25) is 10.0 Å². The molecule has 0 bridgehead atoms. The van der Waals surface area contributed by atoms with E-state index in [0.29, 0.717) is 31.2 Å². The van der Waals surface area contributed by atoms with Crippen LogP contribution in [0.25, 0.3) is 0 Å². The van der Waals surface area contributed by atoms with Gasteiger partial charge in [0.1, 0.15) is 5.82 Å². The van der Waals surface area contributed by atoms with E-state index in [1.54, 1.807) is 6.07 Å². The third kappa shape index (κ3) is 4.50. The first-order valence-corrected chi connectivity index (χ1v) is 8.64. The highest BCUT2D eigenvalue weighted by Gasteiger charge is 2.13. The molecule has 0 aliphatic carbocycles. The lowest BCUT2D eigenvalue weighted by Gasteiger charge is -2.27. The largest absolute Gasteiger partial charge is 0.378 e. The molecule has 1 aliphatic heterocycles. The first-order valence-electron chi connectivity index (χ1n) is 6.46. The summed E-state index contributed by atoms with van der Waals surface area (Å²) in [6.45, 7) is 2.98. The molecule has 0 spiro atoms. The number of alkyl halides is 1. The maximum atomic E-state index is 11.7. The SMILES string of the molecule is O=S(=O)(CCCCl)Nc1ccc(N2CCOCC2)nc1. The summed E-state index contributed by atoms with van der Waals surface area (Å²) in [6.07, 6.45) is 1.96. The summed E-state index contributed by atoms with van der Waals surface area (Å²) in [5.74, 6) is 1.17. The molecule has 6 nitrogen and oxygen atoms in total. The van der Waals surface area contributed by atoms with Crippen molar-refractivity contribution in [1.29, 1.82) is 0 Å². The first kappa shape index (κ1) is 15.3. The number of rotatable bonds is 6. The maximum absolute atomic E-state index is 11.7. The number of ether oxygens (including phenoxy) is 1. The number of pyridine rings is 1. The summed E-state index contributed by atoms with van der Waals surface area (Å²) in [7, 11) is -3.34. The minimum atomic E-state index is -3.34. The van der Waals surface area contributed by atoms with Gasteiger partial charge in [-0.3, -0.25) is 4.72 Å². The second kappa shape index (κ2) is 7.10. The number of hydrogen-bond donors (Lipinski definition) is 1. The molecule has 0 atom stereocenters. The number of nitrogens with one attached hydrogen (secondary N) is 1. The van der Waals surface area contributed by atoms with Crippen molar-refractivity contribution in [2.45, 2.75) is 6.42 Å². The Kier molecular flexibility index (Phi) is 5.45. The standard InChI is InChI=1S/C12H18ClN3O3S/c13-4-1-9-20(17,18)15-11-2-3-12(14-10-11)16-5-7-19-8-6-16/h2-3,10,15H,1,4-9H2. The van der Waals surface area contributed by atoms with Crippen LogP contribution in [0.2, 0.25) is 0 Å². The Labute approximate surface area is 124 Å². The van der Waals surface area contributed by atoms with E-state index in [4.69, 9.17) is 16.3 Å². The van der Waals surface area contributed by atoms with Gasteiger partial charge in [0, 0.05) is 19.0 Å². The minimum Gasteiger partial charge on any atom is -0.378 e. The van der Waals surface area contributed by atoms with Gasteiger partial charge >= 0.3 is 0 Å². The van der Waals surface area contributed by atoms with Gasteiger partial charge in [-0.25, -0.2) is 13.4 Å². The molecule has 1 N–H and O–H groups in total. The van der Waals surface area contributed by atoms with Gasteiger partial charge in [0.15, 0.2) is 0 Å². The number of aromatic nitrogens is 1. The monoisotopic (exact) mass is 319 g/mol. The average Bonchev–Trinajstić information content (AvgIpc) is 2.46. The highest BCUT2D eigenvalue weighted by molar-refractivity contribution is 7.92. The number of morpholine rings is 1. The Bertz CT molecular complexity index is 515. The maximum Gasteiger partial charge on any atom is 0.232 e. The second-order valence-corrected chi connectivity index (χ2v) is 6.69. The number of halogens is 1. The molecule has 0 unspecified atom stereocenters. The molecule has 2 rings (SSSR count). The average molecular weight is 320 g/mol. The van der Waals surface area contributed by atoms with Gasteiger partial charge in [-0.05, 0) is 18.6 Å². The Morgan fingerprint density at radius 2 is 2.10 bits per heavy atom.